The molecule has 1 aromatic rings. The molecule has 0 amide bonds. The third kappa shape index (κ3) is 2.62. The van der Waals surface area contributed by atoms with Crippen LogP contribution in [-0.2, 0) is 10.0 Å². The molecule has 0 aromatic heterocycles. The van der Waals surface area contributed by atoms with Crippen molar-refractivity contribution in [3.63, 3.8) is 0 Å². The highest BCUT2D eigenvalue weighted by Crippen LogP contribution is 2.33. The molecule has 1 aliphatic rings. The highest BCUT2D eigenvalue weighted by atomic mass is 32.2. The summed E-state index contributed by atoms with van der Waals surface area (Å²) in [7, 11) is -2.06. The topological polar surface area (TPSA) is 72.6 Å². The van der Waals surface area contributed by atoms with Crippen LogP contribution in [0.25, 0.3) is 0 Å². The lowest BCUT2D eigenvalue weighted by atomic mass is 10.1. The van der Waals surface area contributed by atoms with E-state index in [1.54, 1.807) is 6.07 Å². The van der Waals surface area contributed by atoms with E-state index in [-0.39, 0.29) is 4.90 Å². The standard InChI is InChI=1S/C14H22N2O3S/c1-4-11-5-6-16(9-11)20(17,18)14-8-12(15)10(2)7-13(14)19-3/h7-8,11H,4-6,9,15H2,1-3H3. The summed E-state index contributed by atoms with van der Waals surface area (Å²) in [5.74, 6) is 0.801. The van der Waals surface area contributed by atoms with Crippen LogP contribution in [0.3, 0.4) is 0 Å². The molecule has 1 fully saturated rings. The Bertz CT molecular complexity index is 599. The molecule has 0 saturated carbocycles. The molecule has 20 heavy (non-hydrogen) atoms. The summed E-state index contributed by atoms with van der Waals surface area (Å²) in [6, 6.07) is 3.18. The van der Waals surface area contributed by atoms with Gasteiger partial charge in [0.2, 0.25) is 10.0 Å². The summed E-state index contributed by atoms with van der Waals surface area (Å²) in [5.41, 5.74) is 7.14. The van der Waals surface area contributed by atoms with E-state index >= 15 is 0 Å². The van der Waals surface area contributed by atoms with Gasteiger partial charge in [0.05, 0.1) is 7.11 Å². The fraction of sp³-hybridized carbons (Fsp3) is 0.571. The van der Waals surface area contributed by atoms with Crippen molar-refractivity contribution in [3.8, 4) is 5.75 Å². The maximum absolute atomic E-state index is 12.7. The molecule has 1 aromatic carbocycles. The number of hydrogen-bond acceptors (Lipinski definition) is 4. The molecule has 6 heteroatoms. The molecule has 0 aliphatic carbocycles. The van der Waals surface area contributed by atoms with Crippen molar-refractivity contribution in [3.05, 3.63) is 17.7 Å². The summed E-state index contributed by atoms with van der Waals surface area (Å²) in [6.07, 6.45) is 1.92. The van der Waals surface area contributed by atoms with Crippen molar-refractivity contribution in [2.24, 2.45) is 5.92 Å². The van der Waals surface area contributed by atoms with Gasteiger partial charge in [-0.3, -0.25) is 0 Å². The van der Waals surface area contributed by atoms with Crippen LogP contribution in [0.1, 0.15) is 25.3 Å². The zero-order valence-corrected chi connectivity index (χ0v) is 13.0. The fourth-order valence-electron chi connectivity index (χ4n) is 2.53. The predicted molar refractivity (Wildman–Crippen MR) is 79.3 cm³/mol. The van der Waals surface area contributed by atoms with E-state index < -0.39 is 10.0 Å². The maximum Gasteiger partial charge on any atom is 0.246 e. The van der Waals surface area contributed by atoms with Crippen LogP contribution in [0.2, 0.25) is 0 Å². The van der Waals surface area contributed by atoms with Crippen molar-refractivity contribution >= 4 is 15.7 Å². The van der Waals surface area contributed by atoms with Gasteiger partial charge in [0.15, 0.2) is 0 Å². The number of nitrogen functional groups attached to an aromatic ring is 1. The number of aryl methyl sites for hydroxylation is 1. The molecular formula is C14H22N2O3S. The van der Waals surface area contributed by atoms with Gasteiger partial charge in [-0.25, -0.2) is 8.42 Å². The molecule has 0 radical (unpaired) electrons. The van der Waals surface area contributed by atoms with Crippen LogP contribution in [0, 0.1) is 12.8 Å². The lowest BCUT2D eigenvalue weighted by molar-refractivity contribution is 0.397. The van der Waals surface area contributed by atoms with E-state index in [4.69, 9.17) is 10.5 Å². The zero-order valence-electron chi connectivity index (χ0n) is 12.2. The van der Waals surface area contributed by atoms with E-state index in [9.17, 15) is 8.42 Å². The Morgan fingerprint density at radius 3 is 2.70 bits per heavy atom. The second kappa shape index (κ2) is 5.61. The quantitative estimate of drug-likeness (QED) is 0.863. The Morgan fingerprint density at radius 1 is 1.45 bits per heavy atom. The first kappa shape index (κ1) is 15.1. The largest absolute Gasteiger partial charge is 0.495 e. The number of rotatable bonds is 4. The average molecular weight is 298 g/mol. The average Bonchev–Trinajstić information content (AvgIpc) is 2.90. The van der Waals surface area contributed by atoms with Gasteiger partial charge < -0.3 is 10.5 Å². The minimum Gasteiger partial charge on any atom is -0.495 e. The van der Waals surface area contributed by atoms with E-state index in [1.807, 2.05) is 6.92 Å². The highest BCUT2D eigenvalue weighted by Gasteiger charge is 2.33. The van der Waals surface area contributed by atoms with Gasteiger partial charge >= 0.3 is 0 Å². The summed E-state index contributed by atoms with van der Waals surface area (Å²) < 4.78 is 32.2. The maximum atomic E-state index is 12.7. The Morgan fingerprint density at radius 2 is 2.15 bits per heavy atom. The molecule has 2 rings (SSSR count). The summed E-state index contributed by atoms with van der Waals surface area (Å²) in [5, 5.41) is 0. The second-order valence-corrected chi connectivity index (χ2v) is 7.19. The van der Waals surface area contributed by atoms with Gasteiger partial charge in [-0.1, -0.05) is 13.3 Å². The number of benzene rings is 1. The van der Waals surface area contributed by atoms with Gasteiger partial charge in [-0.15, -0.1) is 0 Å². The fourth-order valence-corrected chi connectivity index (χ4v) is 4.23. The Hall–Kier alpha value is -1.27. The van der Waals surface area contributed by atoms with E-state index in [0.29, 0.717) is 30.4 Å². The zero-order chi connectivity index (χ0) is 14.9. The van der Waals surface area contributed by atoms with Crippen molar-refractivity contribution in [2.45, 2.75) is 31.6 Å². The number of ether oxygens (including phenoxy) is 1. The van der Waals surface area contributed by atoms with Crippen LogP contribution < -0.4 is 10.5 Å². The molecule has 1 unspecified atom stereocenters. The molecule has 2 N–H and O–H groups in total. The Balaban J connectivity index is 2.42. The predicted octanol–water partition coefficient (Wildman–Crippen LogP) is 2.01. The number of nitrogens with zero attached hydrogens (tertiary/aromatic N) is 1. The third-order valence-corrected chi connectivity index (χ3v) is 5.88. The van der Waals surface area contributed by atoms with E-state index in [0.717, 1.165) is 18.4 Å². The van der Waals surface area contributed by atoms with Crippen molar-refractivity contribution in [1.29, 1.82) is 0 Å². The van der Waals surface area contributed by atoms with Gasteiger partial charge in [0.1, 0.15) is 10.6 Å². The molecule has 0 bridgehead atoms. The number of sulfonamides is 1. The monoisotopic (exact) mass is 298 g/mol. The van der Waals surface area contributed by atoms with Crippen LogP contribution in [0.5, 0.6) is 5.75 Å². The van der Waals surface area contributed by atoms with E-state index in [1.165, 1.54) is 17.5 Å². The minimum atomic E-state index is -3.54. The summed E-state index contributed by atoms with van der Waals surface area (Å²) >= 11 is 0. The third-order valence-electron chi connectivity index (χ3n) is 4.00. The highest BCUT2D eigenvalue weighted by molar-refractivity contribution is 7.89. The van der Waals surface area contributed by atoms with Gasteiger partial charge in [0.25, 0.3) is 0 Å². The van der Waals surface area contributed by atoms with E-state index in [2.05, 4.69) is 6.92 Å². The molecule has 1 heterocycles. The van der Waals surface area contributed by atoms with Crippen molar-refractivity contribution < 1.29 is 13.2 Å². The molecule has 112 valence electrons. The van der Waals surface area contributed by atoms with Crippen LogP contribution in [-0.4, -0.2) is 32.9 Å². The summed E-state index contributed by atoms with van der Waals surface area (Å²) in [6.45, 7) is 5.07. The lowest BCUT2D eigenvalue weighted by Crippen LogP contribution is -2.29. The summed E-state index contributed by atoms with van der Waals surface area (Å²) in [4.78, 5) is 0.167. The molecule has 1 atom stereocenters. The number of nitrogens with two attached hydrogens (primary N) is 1. The normalized spacial score (nSPS) is 20.2. The van der Waals surface area contributed by atoms with Crippen LogP contribution in [0.4, 0.5) is 5.69 Å². The first-order chi connectivity index (χ1) is 9.40. The number of anilines is 1. The molecule has 0 spiro atoms. The first-order valence-electron chi connectivity index (χ1n) is 6.84. The van der Waals surface area contributed by atoms with Crippen LogP contribution >= 0.6 is 0 Å². The number of hydrogen-bond donors (Lipinski definition) is 1. The minimum absolute atomic E-state index is 0.167. The van der Waals surface area contributed by atoms with Gasteiger partial charge in [0, 0.05) is 18.8 Å². The Labute approximate surface area is 120 Å². The van der Waals surface area contributed by atoms with Crippen molar-refractivity contribution in [1.82, 2.24) is 4.31 Å². The van der Waals surface area contributed by atoms with Crippen LogP contribution in [0.15, 0.2) is 17.0 Å². The molecule has 5 nitrogen and oxygen atoms in total. The molecule has 1 aliphatic heterocycles. The Kier molecular flexibility index (Phi) is 4.25. The van der Waals surface area contributed by atoms with Crippen molar-refractivity contribution in [2.75, 3.05) is 25.9 Å². The first-order valence-corrected chi connectivity index (χ1v) is 8.28. The SMILES string of the molecule is CCC1CCN(S(=O)(=O)c2cc(N)c(C)cc2OC)C1. The number of methoxy groups -OCH3 is 1. The van der Waals surface area contributed by atoms with Gasteiger partial charge in [-0.2, -0.15) is 4.31 Å². The van der Waals surface area contributed by atoms with Gasteiger partial charge in [-0.05, 0) is 37.0 Å². The lowest BCUT2D eigenvalue weighted by Gasteiger charge is -2.19. The molecule has 1 saturated heterocycles. The second-order valence-electron chi connectivity index (χ2n) is 5.29. The molecular weight excluding hydrogens is 276 g/mol. The smallest absolute Gasteiger partial charge is 0.246 e.